The van der Waals surface area contributed by atoms with Crippen LogP contribution in [0.3, 0.4) is 0 Å². The fourth-order valence-electron chi connectivity index (χ4n) is 1.48. The molecule has 0 saturated carbocycles. The molecule has 2 heterocycles. The van der Waals surface area contributed by atoms with Crippen LogP contribution in [0.25, 0.3) is 0 Å². The first-order valence-electron chi connectivity index (χ1n) is 5.53. The van der Waals surface area contributed by atoms with E-state index < -0.39 is 5.97 Å². The van der Waals surface area contributed by atoms with Gasteiger partial charge < -0.3 is 10.4 Å². The summed E-state index contributed by atoms with van der Waals surface area (Å²) in [6, 6.07) is 3.94. The van der Waals surface area contributed by atoms with Crippen LogP contribution in [0, 0.1) is 0 Å². The molecule has 0 unspecified atom stereocenters. The molecule has 0 aliphatic rings. The van der Waals surface area contributed by atoms with Gasteiger partial charge in [0.2, 0.25) is 5.01 Å². The Labute approximate surface area is 109 Å². The number of carboxylic acids is 1. The second-order valence-corrected chi connectivity index (χ2v) is 4.60. The molecule has 0 amide bonds. The molecule has 18 heavy (non-hydrogen) atoms. The molecule has 2 aromatic heterocycles. The Hall–Kier alpha value is -1.79. The number of aromatic nitrogens is 2. The molecule has 0 aromatic carbocycles. The fourth-order valence-corrected chi connectivity index (χ4v) is 2.14. The van der Waals surface area contributed by atoms with Crippen LogP contribution in [0.15, 0.2) is 29.9 Å². The summed E-state index contributed by atoms with van der Waals surface area (Å²) in [6.07, 6.45) is 4.48. The van der Waals surface area contributed by atoms with Gasteiger partial charge in [-0.3, -0.25) is 4.98 Å². The molecule has 0 aliphatic heterocycles. The van der Waals surface area contributed by atoms with Crippen LogP contribution in [0.5, 0.6) is 0 Å². The van der Waals surface area contributed by atoms with Gasteiger partial charge in [-0.05, 0) is 24.6 Å². The summed E-state index contributed by atoms with van der Waals surface area (Å²) in [5, 5.41) is 13.9. The minimum atomic E-state index is -0.971. The van der Waals surface area contributed by atoms with Crippen molar-refractivity contribution in [2.24, 2.45) is 0 Å². The predicted molar refractivity (Wildman–Crippen MR) is 68.7 cm³/mol. The molecule has 6 heteroatoms. The highest BCUT2D eigenvalue weighted by molar-refractivity contribution is 7.11. The Morgan fingerprint density at radius 2 is 2.39 bits per heavy atom. The van der Waals surface area contributed by atoms with Crippen molar-refractivity contribution in [3.63, 3.8) is 0 Å². The van der Waals surface area contributed by atoms with Crippen LogP contribution in [-0.2, 0) is 13.0 Å². The van der Waals surface area contributed by atoms with Gasteiger partial charge in [-0.25, -0.2) is 9.78 Å². The lowest BCUT2D eigenvalue weighted by atomic mass is 10.2. The number of thiazole rings is 1. The average molecular weight is 263 g/mol. The van der Waals surface area contributed by atoms with Crippen molar-refractivity contribution in [1.29, 1.82) is 0 Å². The maximum Gasteiger partial charge on any atom is 0.365 e. The Balaban J connectivity index is 1.73. The van der Waals surface area contributed by atoms with Crippen molar-refractivity contribution in [2.75, 3.05) is 6.54 Å². The molecule has 0 bridgehead atoms. The zero-order chi connectivity index (χ0) is 12.8. The van der Waals surface area contributed by atoms with E-state index in [9.17, 15) is 4.79 Å². The molecule has 0 spiro atoms. The average Bonchev–Trinajstić information content (AvgIpc) is 2.85. The van der Waals surface area contributed by atoms with Crippen molar-refractivity contribution >= 4 is 17.3 Å². The van der Waals surface area contributed by atoms with E-state index in [4.69, 9.17) is 5.11 Å². The molecule has 0 fully saturated rings. The second-order valence-electron chi connectivity index (χ2n) is 3.74. The summed E-state index contributed by atoms with van der Waals surface area (Å²) in [5.74, 6) is -0.971. The van der Waals surface area contributed by atoms with Gasteiger partial charge in [-0.15, -0.1) is 11.3 Å². The van der Waals surface area contributed by atoms with Gasteiger partial charge in [0.15, 0.2) is 0 Å². The lowest BCUT2D eigenvalue weighted by Gasteiger charge is -2.02. The lowest BCUT2D eigenvalue weighted by Crippen LogP contribution is -2.17. The summed E-state index contributed by atoms with van der Waals surface area (Å²) in [5.41, 5.74) is 1.94. The van der Waals surface area contributed by atoms with E-state index in [2.05, 4.69) is 15.3 Å². The van der Waals surface area contributed by atoms with Crippen LogP contribution in [0.1, 0.15) is 21.1 Å². The first-order chi connectivity index (χ1) is 8.75. The predicted octanol–water partition coefficient (Wildman–Crippen LogP) is 1.57. The summed E-state index contributed by atoms with van der Waals surface area (Å²) < 4.78 is 0. The van der Waals surface area contributed by atoms with Crippen molar-refractivity contribution in [2.45, 2.75) is 13.0 Å². The van der Waals surface area contributed by atoms with Gasteiger partial charge in [0.25, 0.3) is 0 Å². The van der Waals surface area contributed by atoms with Crippen LogP contribution in [-0.4, -0.2) is 27.6 Å². The van der Waals surface area contributed by atoms with Crippen LogP contribution in [0.4, 0.5) is 0 Å². The maximum atomic E-state index is 10.6. The SMILES string of the molecule is O=C(O)c1nc(CNCCc2cccnc2)cs1. The zero-order valence-electron chi connectivity index (χ0n) is 9.67. The normalized spacial score (nSPS) is 10.4. The van der Waals surface area contributed by atoms with Gasteiger partial charge in [0, 0.05) is 24.3 Å². The largest absolute Gasteiger partial charge is 0.476 e. The van der Waals surface area contributed by atoms with E-state index in [1.807, 2.05) is 18.3 Å². The maximum absolute atomic E-state index is 10.6. The Kier molecular flexibility index (Phi) is 4.38. The first kappa shape index (κ1) is 12.7. The van der Waals surface area contributed by atoms with E-state index in [-0.39, 0.29) is 5.01 Å². The summed E-state index contributed by atoms with van der Waals surface area (Å²) in [7, 11) is 0. The number of carbonyl (C=O) groups is 1. The molecule has 0 saturated heterocycles. The van der Waals surface area contributed by atoms with Gasteiger partial charge in [-0.2, -0.15) is 0 Å². The molecular weight excluding hydrogens is 250 g/mol. The summed E-state index contributed by atoms with van der Waals surface area (Å²) >= 11 is 1.15. The monoisotopic (exact) mass is 263 g/mol. The molecule has 2 rings (SSSR count). The molecule has 0 radical (unpaired) electrons. The van der Waals surface area contributed by atoms with Crippen LogP contribution in [0.2, 0.25) is 0 Å². The number of nitrogens with zero attached hydrogens (tertiary/aromatic N) is 2. The standard InChI is InChI=1S/C12H13N3O2S/c16-12(17)11-15-10(8-18-11)7-14-5-3-9-2-1-4-13-6-9/h1-2,4,6,8,14H,3,5,7H2,(H,16,17). The molecular formula is C12H13N3O2S. The quantitative estimate of drug-likeness (QED) is 0.774. The van der Waals surface area contributed by atoms with Crippen molar-refractivity contribution in [3.8, 4) is 0 Å². The molecule has 2 N–H and O–H groups in total. The van der Waals surface area contributed by atoms with E-state index in [1.165, 1.54) is 5.56 Å². The number of hydrogen-bond donors (Lipinski definition) is 2. The van der Waals surface area contributed by atoms with E-state index >= 15 is 0 Å². The molecule has 94 valence electrons. The minimum absolute atomic E-state index is 0.138. The number of aromatic carboxylic acids is 1. The highest BCUT2D eigenvalue weighted by Crippen LogP contribution is 2.09. The van der Waals surface area contributed by atoms with Crippen molar-refractivity contribution in [1.82, 2.24) is 15.3 Å². The second kappa shape index (κ2) is 6.23. The van der Waals surface area contributed by atoms with Gasteiger partial charge in [0.1, 0.15) is 0 Å². The third kappa shape index (κ3) is 3.61. The Morgan fingerprint density at radius 1 is 1.50 bits per heavy atom. The molecule has 0 atom stereocenters. The third-order valence-electron chi connectivity index (χ3n) is 2.35. The van der Waals surface area contributed by atoms with Gasteiger partial charge >= 0.3 is 5.97 Å². The van der Waals surface area contributed by atoms with E-state index in [1.54, 1.807) is 11.6 Å². The van der Waals surface area contributed by atoms with Crippen molar-refractivity contribution < 1.29 is 9.90 Å². The number of hydrogen-bond acceptors (Lipinski definition) is 5. The lowest BCUT2D eigenvalue weighted by molar-refractivity contribution is 0.0696. The number of carboxylic acid groups (broad SMARTS) is 1. The molecule has 5 nitrogen and oxygen atoms in total. The third-order valence-corrected chi connectivity index (χ3v) is 3.23. The fraction of sp³-hybridized carbons (Fsp3) is 0.250. The Bertz CT molecular complexity index is 513. The van der Waals surface area contributed by atoms with Crippen molar-refractivity contribution in [3.05, 3.63) is 46.2 Å². The Morgan fingerprint density at radius 3 is 3.06 bits per heavy atom. The summed E-state index contributed by atoms with van der Waals surface area (Å²) in [6.45, 7) is 1.40. The van der Waals surface area contributed by atoms with Crippen LogP contribution >= 0.6 is 11.3 Å². The van der Waals surface area contributed by atoms with E-state index in [0.29, 0.717) is 6.54 Å². The topological polar surface area (TPSA) is 75.1 Å². The summed E-state index contributed by atoms with van der Waals surface area (Å²) in [4.78, 5) is 18.7. The molecule has 2 aromatic rings. The smallest absolute Gasteiger partial charge is 0.365 e. The van der Waals surface area contributed by atoms with Gasteiger partial charge in [0.05, 0.1) is 5.69 Å². The number of pyridine rings is 1. The number of rotatable bonds is 6. The van der Waals surface area contributed by atoms with Crippen LogP contribution < -0.4 is 5.32 Å². The number of nitrogens with one attached hydrogen (secondary N) is 1. The zero-order valence-corrected chi connectivity index (χ0v) is 10.5. The van der Waals surface area contributed by atoms with E-state index in [0.717, 1.165) is 30.0 Å². The highest BCUT2D eigenvalue weighted by Gasteiger charge is 2.08. The van der Waals surface area contributed by atoms with Gasteiger partial charge in [-0.1, -0.05) is 6.07 Å². The highest BCUT2D eigenvalue weighted by atomic mass is 32.1. The first-order valence-corrected chi connectivity index (χ1v) is 6.41. The minimum Gasteiger partial charge on any atom is -0.476 e. The molecule has 0 aliphatic carbocycles.